The van der Waals surface area contributed by atoms with Gasteiger partial charge in [0.1, 0.15) is 0 Å². The molecule has 0 saturated heterocycles. The van der Waals surface area contributed by atoms with Crippen LogP contribution in [0.25, 0.3) is 22.3 Å². The van der Waals surface area contributed by atoms with E-state index in [2.05, 4.69) is 252 Å². The highest BCUT2D eigenvalue weighted by atomic mass is 28.3. The smallest absolute Gasteiger partial charge is 0.246 e. The molecule has 8 aromatic rings. The van der Waals surface area contributed by atoms with Gasteiger partial charge in [-0.25, -0.2) is 0 Å². The zero-order chi connectivity index (χ0) is 41.9. The Morgan fingerprint density at radius 2 is 0.984 bits per heavy atom. The van der Waals surface area contributed by atoms with Gasteiger partial charge in [-0.15, -0.1) is 0 Å². The minimum atomic E-state index is -2.99. The predicted molar refractivity (Wildman–Crippen MR) is 267 cm³/mol. The van der Waals surface area contributed by atoms with E-state index in [4.69, 9.17) is 0 Å². The number of rotatable bonds is 8. The largest absolute Gasteiger partial charge is 0.364 e. The first-order chi connectivity index (χ1) is 29.7. The Hall–Kier alpha value is -6.36. The van der Waals surface area contributed by atoms with Crippen LogP contribution in [0.2, 0.25) is 0 Å². The maximum atomic E-state index is 2.72. The molecular weight excluding hydrogens is 752 g/mol. The summed E-state index contributed by atoms with van der Waals surface area (Å²) < 4.78 is 0. The number of para-hydroxylation sites is 2. The van der Waals surface area contributed by atoms with E-state index in [9.17, 15) is 0 Å². The van der Waals surface area contributed by atoms with E-state index >= 15 is 0 Å². The predicted octanol–water partition coefficient (Wildman–Crippen LogP) is 9.66. The fourth-order valence-electron chi connectivity index (χ4n) is 10.8. The van der Waals surface area contributed by atoms with Gasteiger partial charge >= 0.3 is 0 Å². The number of nitrogens with zero attached hydrogens (tertiary/aromatic N) is 2. The van der Waals surface area contributed by atoms with Gasteiger partial charge in [-0.05, 0) is 94.6 Å². The summed E-state index contributed by atoms with van der Waals surface area (Å²) in [7, 11) is -2.99. The van der Waals surface area contributed by atoms with Gasteiger partial charge in [0.2, 0.25) is 6.71 Å². The second kappa shape index (κ2) is 15.3. The maximum Gasteiger partial charge on any atom is 0.246 e. The monoisotopic (exact) mass is 804 g/mol. The van der Waals surface area contributed by atoms with E-state index in [1.807, 2.05) is 0 Å². The fourth-order valence-corrected chi connectivity index (χ4v) is 16.1. The number of benzene rings is 8. The Kier molecular flexibility index (Phi) is 9.72. The van der Waals surface area contributed by atoms with Crippen LogP contribution in [0.4, 0.5) is 22.7 Å². The van der Waals surface area contributed by atoms with Gasteiger partial charge in [-0.1, -0.05) is 201 Å². The summed E-state index contributed by atoms with van der Waals surface area (Å²) in [5, 5.41) is 5.77. The van der Waals surface area contributed by atoms with Crippen molar-refractivity contribution in [2.75, 3.05) is 9.80 Å². The summed E-state index contributed by atoms with van der Waals surface area (Å²) in [6, 6.07) is 76.2. The summed E-state index contributed by atoms with van der Waals surface area (Å²) >= 11 is 0. The van der Waals surface area contributed by atoms with Crippen molar-refractivity contribution < 1.29 is 0 Å². The molecule has 1 atom stereocenters. The molecule has 0 aliphatic carbocycles. The second-order valence-electron chi connectivity index (χ2n) is 18.3. The molecule has 2 aliphatic heterocycles. The molecule has 8 aromatic carbocycles. The molecule has 0 spiro atoms. The molecule has 0 saturated carbocycles. The molecule has 298 valence electrons. The molecule has 10 rings (SSSR count). The van der Waals surface area contributed by atoms with Crippen LogP contribution in [-0.4, -0.2) is 26.4 Å². The molecule has 2 heterocycles. The zero-order valence-electron chi connectivity index (χ0n) is 36.2. The Morgan fingerprint density at radius 1 is 0.492 bits per heavy atom. The van der Waals surface area contributed by atoms with E-state index in [0.29, 0.717) is 5.92 Å². The highest BCUT2D eigenvalue weighted by Gasteiger charge is 2.53. The first-order valence-electron chi connectivity index (χ1n) is 22.0. The highest BCUT2D eigenvalue weighted by Crippen LogP contribution is 2.48. The van der Waals surface area contributed by atoms with Gasteiger partial charge in [0.25, 0.3) is 0 Å². The van der Waals surface area contributed by atoms with E-state index in [1.54, 1.807) is 0 Å². The van der Waals surface area contributed by atoms with Crippen molar-refractivity contribution in [2.24, 2.45) is 5.92 Å². The highest BCUT2D eigenvalue weighted by molar-refractivity contribution is 7.26. The average molecular weight is 805 g/mol. The number of hydrogen-bond acceptors (Lipinski definition) is 2. The van der Waals surface area contributed by atoms with Crippen molar-refractivity contribution in [3.63, 3.8) is 0 Å². The van der Waals surface area contributed by atoms with Crippen molar-refractivity contribution in [1.82, 2.24) is 0 Å². The van der Waals surface area contributed by atoms with Crippen molar-refractivity contribution in [1.29, 1.82) is 0 Å². The minimum Gasteiger partial charge on any atom is -0.364 e. The van der Waals surface area contributed by atoms with Crippen molar-refractivity contribution in [3.05, 3.63) is 200 Å². The van der Waals surface area contributed by atoms with Crippen LogP contribution >= 0.6 is 0 Å². The molecule has 0 aromatic heterocycles. The first kappa shape index (κ1) is 38.8. The topological polar surface area (TPSA) is 6.48 Å². The average Bonchev–Trinajstić information content (AvgIpc) is 3.29. The fraction of sp³-hybridized carbons (Fsp3) is 0.158. The van der Waals surface area contributed by atoms with Crippen molar-refractivity contribution in [3.8, 4) is 22.3 Å². The van der Waals surface area contributed by atoms with Crippen LogP contribution in [0, 0.1) is 5.92 Å². The van der Waals surface area contributed by atoms with Crippen LogP contribution in [-0.2, 0) is 0 Å². The molecule has 61 heavy (non-hydrogen) atoms. The molecule has 0 bridgehead atoms. The zero-order valence-corrected chi connectivity index (χ0v) is 37.2. The van der Waals surface area contributed by atoms with E-state index in [1.165, 1.54) is 82.1 Å². The van der Waals surface area contributed by atoms with E-state index in [0.717, 1.165) is 0 Å². The summed E-state index contributed by atoms with van der Waals surface area (Å²) in [5.41, 5.74) is 13.8. The lowest BCUT2D eigenvalue weighted by molar-refractivity contribution is 0.389. The number of fused-ring (bicyclic) bond motifs is 4. The number of hydrogen-bond donors (Lipinski definition) is 0. The first-order valence-corrected chi connectivity index (χ1v) is 24.0. The summed E-state index contributed by atoms with van der Waals surface area (Å²) in [5.74, 6) is 0.436. The van der Waals surface area contributed by atoms with E-state index < -0.39 is 8.07 Å². The molecule has 4 heteroatoms. The van der Waals surface area contributed by atoms with Gasteiger partial charge < -0.3 is 9.80 Å². The van der Waals surface area contributed by atoms with Crippen LogP contribution in [0.15, 0.2) is 200 Å². The van der Waals surface area contributed by atoms with Crippen LogP contribution < -0.4 is 46.9 Å². The second-order valence-corrected chi connectivity index (χ2v) is 22.0. The lowest BCUT2D eigenvalue weighted by atomic mass is 9.34. The Balaban J connectivity index is 1.43. The van der Waals surface area contributed by atoms with E-state index in [-0.39, 0.29) is 18.3 Å². The van der Waals surface area contributed by atoms with Gasteiger partial charge in [0.15, 0.2) is 8.07 Å². The molecule has 0 N–H and O–H groups in total. The minimum absolute atomic E-state index is 0.0467. The third kappa shape index (κ3) is 6.22. The third-order valence-corrected chi connectivity index (χ3v) is 18.3. The van der Waals surface area contributed by atoms with Gasteiger partial charge in [-0.3, -0.25) is 0 Å². The quantitative estimate of drug-likeness (QED) is 0.141. The summed E-state index contributed by atoms with van der Waals surface area (Å²) in [6.07, 6.45) is 0. The SMILES string of the molecule is CC(C)C(C)N(c1cc2c3c(c1)[Si](c1ccccc1)(c1ccccc1)c1ccccc1B3c1ccccc1N2c1c(-c2ccccc2)cccc1-c1ccccc1)C(C)(C)C. The normalized spacial score (nSPS) is 14.2. The number of anilines is 4. The Morgan fingerprint density at radius 3 is 1.52 bits per heavy atom. The molecule has 1 unspecified atom stereocenters. The summed E-state index contributed by atoms with van der Waals surface area (Å²) in [6.45, 7) is 14.4. The Labute approximate surface area is 364 Å². The standard InChI is InChI=1S/C57H53BN2Si/c1-40(2)41(3)60(57(4,5)6)44-38-52-55-54(39-44)61(45-28-15-9-16-29-45,46-30-17-10-18-31-46)53-37-22-20-35-50(53)58(55)49-34-19-21-36-51(49)59(52)56-47(42-24-11-7-12-25-42)32-23-33-48(56)43-26-13-8-14-27-43/h7-41H,1-6H3. The molecule has 2 aliphatic rings. The summed E-state index contributed by atoms with van der Waals surface area (Å²) in [4.78, 5) is 5.39. The van der Waals surface area contributed by atoms with Crippen LogP contribution in [0.1, 0.15) is 41.5 Å². The van der Waals surface area contributed by atoms with Gasteiger partial charge in [0, 0.05) is 39.8 Å². The van der Waals surface area contributed by atoms with Gasteiger partial charge in [-0.2, -0.15) is 0 Å². The third-order valence-electron chi connectivity index (χ3n) is 13.5. The lowest BCUT2D eigenvalue weighted by Gasteiger charge is -2.50. The van der Waals surface area contributed by atoms with Gasteiger partial charge in [0.05, 0.1) is 5.69 Å². The molecule has 0 amide bonds. The molecular formula is C57H53BN2Si. The van der Waals surface area contributed by atoms with Crippen LogP contribution in [0.3, 0.4) is 0 Å². The van der Waals surface area contributed by atoms with Crippen LogP contribution in [0.5, 0.6) is 0 Å². The Bertz CT molecular complexity index is 2750. The molecule has 0 fully saturated rings. The van der Waals surface area contributed by atoms with Crippen molar-refractivity contribution in [2.45, 2.75) is 53.1 Å². The molecule has 2 nitrogen and oxygen atoms in total. The lowest BCUT2D eigenvalue weighted by Crippen LogP contribution is -2.87. The maximum absolute atomic E-state index is 2.99. The molecule has 0 radical (unpaired) electrons. The van der Waals surface area contributed by atoms with Crippen molar-refractivity contribution >= 4 is 74.7 Å².